The number of rotatable bonds is 7. The molecule has 0 aliphatic carbocycles. The highest BCUT2D eigenvalue weighted by Crippen LogP contribution is 2.15. The van der Waals surface area contributed by atoms with Gasteiger partial charge in [0.1, 0.15) is 5.75 Å². The van der Waals surface area contributed by atoms with Crippen LogP contribution < -0.4 is 10.1 Å². The van der Waals surface area contributed by atoms with E-state index in [1.807, 2.05) is 31.2 Å². The van der Waals surface area contributed by atoms with Crippen molar-refractivity contribution in [3.8, 4) is 5.75 Å². The monoisotopic (exact) mass is 275 g/mol. The van der Waals surface area contributed by atoms with Crippen LogP contribution in [0.2, 0.25) is 0 Å². The van der Waals surface area contributed by atoms with Gasteiger partial charge in [0.2, 0.25) is 5.89 Å². The highest BCUT2D eigenvalue weighted by atomic mass is 16.5. The summed E-state index contributed by atoms with van der Waals surface area (Å²) in [5.74, 6) is 2.19. The van der Waals surface area contributed by atoms with Gasteiger partial charge in [-0.05, 0) is 37.6 Å². The maximum atomic E-state index is 5.29. The van der Waals surface area contributed by atoms with Crippen molar-refractivity contribution < 1.29 is 9.26 Å². The molecule has 0 aliphatic heterocycles. The van der Waals surface area contributed by atoms with E-state index in [1.165, 1.54) is 0 Å². The van der Waals surface area contributed by atoms with E-state index in [2.05, 4.69) is 22.4 Å². The van der Waals surface area contributed by atoms with Crippen LogP contribution >= 0.6 is 0 Å². The number of aromatic nitrogens is 2. The average molecular weight is 275 g/mol. The molecule has 108 valence electrons. The van der Waals surface area contributed by atoms with Crippen molar-refractivity contribution in [2.75, 3.05) is 13.7 Å². The van der Waals surface area contributed by atoms with Gasteiger partial charge in [-0.3, -0.25) is 0 Å². The SMILES string of the molecule is CCCNC(C)c1nc(Cc2ccc(OC)cc2)no1. The molecular formula is C15H21N3O2. The lowest BCUT2D eigenvalue weighted by Gasteiger charge is -2.06. The van der Waals surface area contributed by atoms with Gasteiger partial charge in [-0.1, -0.05) is 24.2 Å². The zero-order valence-corrected chi connectivity index (χ0v) is 12.2. The molecule has 5 nitrogen and oxygen atoms in total. The lowest BCUT2D eigenvalue weighted by molar-refractivity contribution is 0.337. The molecule has 0 bridgehead atoms. The lowest BCUT2D eigenvalue weighted by atomic mass is 10.1. The maximum absolute atomic E-state index is 5.29. The minimum atomic E-state index is 0.0899. The number of nitrogens with one attached hydrogen (secondary N) is 1. The summed E-state index contributed by atoms with van der Waals surface area (Å²) in [6.45, 7) is 5.10. The summed E-state index contributed by atoms with van der Waals surface area (Å²) >= 11 is 0. The van der Waals surface area contributed by atoms with Crippen LogP contribution in [0.15, 0.2) is 28.8 Å². The molecule has 1 N–H and O–H groups in total. The van der Waals surface area contributed by atoms with E-state index in [9.17, 15) is 0 Å². The Morgan fingerprint density at radius 3 is 2.70 bits per heavy atom. The normalized spacial score (nSPS) is 12.3. The second-order valence-electron chi connectivity index (χ2n) is 4.75. The summed E-state index contributed by atoms with van der Waals surface area (Å²) in [4.78, 5) is 4.43. The minimum Gasteiger partial charge on any atom is -0.497 e. The first-order valence-electron chi connectivity index (χ1n) is 6.91. The molecule has 1 unspecified atom stereocenters. The van der Waals surface area contributed by atoms with Crippen LogP contribution in [-0.4, -0.2) is 23.8 Å². The lowest BCUT2D eigenvalue weighted by Crippen LogP contribution is -2.19. The van der Waals surface area contributed by atoms with E-state index >= 15 is 0 Å². The molecule has 0 aliphatic rings. The molecule has 20 heavy (non-hydrogen) atoms. The van der Waals surface area contributed by atoms with Gasteiger partial charge in [-0.15, -0.1) is 0 Å². The van der Waals surface area contributed by atoms with Crippen LogP contribution in [-0.2, 0) is 6.42 Å². The van der Waals surface area contributed by atoms with E-state index in [0.717, 1.165) is 24.3 Å². The van der Waals surface area contributed by atoms with Crippen LogP contribution in [0.25, 0.3) is 0 Å². The molecule has 0 saturated carbocycles. The third-order valence-corrected chi connectivity index (χ3v) is 3.08. The number of ether oxygens (including phenoxy) is 1. The van der Waals surface area contributed by atoms with Gasteiger partial charge in [-0.25, -0.2) is 0 Å². The molecule has 2 rings (SSSR count). The van der Waals surface area contributed by atoms with Crippen LogP contribution in [0.3, 0.4) is 0 Å². The molecule has 5 heteroatoms. The Kier molecular flexibility index (Phi) is 5.12. The summed E-state index contributed by atoms with van der Waals surface area (Å²) in [5, 5.41) is 7.35. The number of hydrogen-bond donors (Lipinski definition) is 1. The maximum Gasteiger partial charge on any atom is 0.243 e. The van der Waals surface area contributed by atoms with Crippen LogP contribution in [0.1, 0.15) is 43.6 Å². The first kappa shape index (κ1) is 14.5. The van der Waals surface area contributed by atoms with Crippen molar-refractivity contribution >= 4 is 0 Å². The zero-order valence-electron chi connectivity index (χ0n) is 12.2. The first-order chi connectivity index (χ1) is 9.72. The third kappa shape index (κ3) is 3.81. The standard InChI is InChI=1S/C15H21N3O2/c1-4-9-16-11(2)15-17-14(18-20-15)10-12-5-7-13(19-3)8-6-12/h5-8,11,16H,4,9-10H2,1-3H3. The molecule has 1 aromatic carbocycles. The predicted octanol–water partition coefficient (Wildman–Crippen LogP) is 2.73. The zero-order chi connectivity index (χ0) is 14.4. The Labute approximate surface area is 119 Å². The number of hydrogen-bond acceptors (Lipinski definition) is 5. The van der Waals surface area contributed by atoms with Gasteiger partial charge in [0, 0.05) is 6.42 Å². The minimum absolute atomic E-state index is 0.0899. The van der Waals surface area contributed by atoms with E-state index in [-0.39, 0.29) is 6.04 Å². The van der Waals surface area contributed by atoms with Gasteiger partial charge in [-0.2, -0.15) is 4.98 Å². The average Bonchev–Trinajstić information content (AvgIpc) is 2.94. The van der Waals surface area contributed by atoms with Crippen molar-refractivity contribution in [1.29, 1.82) is 0 Å². The predicted molar refractivity (Wildman–Crippen MR) is 76.8 cm³/mol. The van der Waals surface area contributed by atoms with Crippen LogP contribution in [0, 0.1) is 0 Å². The Hall–Kier alpha value is -1.88. The number of benzene rings is 1. The fourth-order valence-electron chi connectivity index (χ4n) is 1.89. The fourth-order valence-corrected chi connectivity index (χ4v) is 1.89. The topological polar surface area (TPSA) is 60.2 Å². The molecule has 1 atom stereocenters. The number of nitrogens with zero attached hydrogens (tertiary/aromatic N) is 2. The summed E-state index contributed by atoms with van der Waals surface area (Å²) in [7, 11) is 1.66. The Bertz CT molecular complexity index is 522. The third-order valence-electron chi connectivity index (χ3n) is 3.08. The molecule has 0 amide bonds. The summed E-state index contributed by atoms with van der Waals surface area (Å²) in [6, 6.07) is 7.97. The van der Waals surface area contributed by atoms with E-state index < -0.39 is 0 Å². The molecule has 1 heterocycles. The van der Waals surface area contributed by atoms with Gasteiger partial charge < -0.3 is 14.6 Å². The Balaban J connectivity index is 1.97. The largest absolute Gasteiger partial charge is 0.497 e. The Morgan fingerprint density at radius 1 is 1.30 bits per heavy atom. The molecule has 0 fully saturated rings. The molecular weight excluding hydrogens is 254 g/mol. The first-order valence-corrected chi connectivity index (χ1v) is 6.91. The molecule has 0 saturated heterocycles. The van der Waals surface area contributed by atoms with Crippen molar-refractivity contribution in [3.63, 3.8) is 0 Å². The van der Waals surface area contributed by atoms with Crippen LogP contribution in [0.4, 0.5) is 0 Å². The van der Waals surface area contributed by atoms with Crippen molar-refractivity contribution in [2.45, 2.75) is 32.7 Å². The quantitative estimate of drug-likeness (QED) is 0.842. The van der Waals surface area contributed by atoms with Crippen molar-refractivity contribution in [1.82, 2.24) is 15.5 Å². The smallest absolute Gasteiger partial charge is 0.243 e. The summed E-state index contributed by atoms with van der Waals surface area (Å²) < 4.78 is 10.4. The molecule has 0 radical (unpaired) electrons. The molecule has 0 spiro atoms. The van der Waals surface area contributed by atoms with E-state index in [1.54, 1.807) is 7.11 Å². The van der Waals surface area contributed by atoms with Crippen LogP contribution in [0.5, 0.6) is 5.75 Å². The number of methoxy groups -OCH3 is 1. The van der Waals surface area contributed by atoms with Crippen molar-refractivity contribution in [3.05, 3.63) is 41.5 Å². The van der Waals surface area contributed by atoms with Gasteiger partial charge in [0.05, 0.1) is 13.2 Å². The van der Waals surface area contributed by atoms with Gasteiger partial charge in [0.25, 0.3) is 0 Å². The second kappa shape index (κ2) is 7.05. The van der Waals surface area contributed by atoms with E-state index in [0.29, 0.717) is 18.1 Å². The fraction of sp³-hybridized carbons (Fsp3) is 0.467. The highest BCUT2D eigenvalue weighted by molar-refractivity contribution is 5.28. The van der Waals surface area contributed by atoms with Gasteiger partial charge in [0.15, 0.2) is 5.82 Å². The van der Waals surface area contributed by atoms with Gasteiger partial charge >= 0.3 is 0 Å². The highest BCUT2D eigenvalue weighted by Gasteiger charge is 2.13. The summed E-state index contributed by atoms with van der Waals surface area (Å²) in [6.07, 6.45) is 1.74. The Morgan fingerprint density at radius 2 is 2.05 bits per heavy atom. The second-order valence-corrected chi connectivity index (χ2v) is 4.75. The van der Waals surface area contributed by atoms with Crippen molar-refractivity contribution in [2.24, 2.45) is 0 Å². The molecule has 2 aromatic rings. The van der Waals surface area contributed by atoms with E-state index in [4.69, 9.17) is 9.26 Å². The molecule has 1 aromatic heterocycles. The summed E-state index contributed by atoms with van der Waals surface area (Å²) in [5.41, 5.74) is 1.13.